The van der Waals surface area contributed by atoms with Crippen molar-refractivity contribution in [2.45, 2.75) is 82.7 Å². The third-order valence-electron chi connectivity index (χ3n) is 7.51. The van der Waals surface area contributed by atoms with Crippen LogP contribution in [0.5, 0.6) is 0 Å². The van der Waals surface area contributed by atoms with E-state index in [1.54, 1.807) is 45.0 Å². The molecule has 46 heavy (non-hydrogen) atoms. The van der Waals surface area contributed by atoms with Crippen LogP contribution in [0, 0.1) is 0 Å². The van der Waals surface area contributed by atoms with Crippen LogP contribution < -0.4 is 10.0 Å². The second-order valence-electron chi connectivity index (χ2n) is 12.4. The topological polar surface area (TPSA) is 189 Å². The van der Waals surface area contributed by atoms with Crippen LogP contribution in [0.25, 0.3) is 10.8 Å². The minimum absolute atomic E-state index is 0.0892. The molecule has 3 N–H and O–H groups in total. The van der Waals surface area contributed by atoms with Gasteiger partial charge in [0.05, 0.1) is 24.3 Å². The number of fused-ring (bicyclic) bond motifs is 2. The van der Waals surface area contributed by atoms with Crippen molar-refractivity contribution in [3.8, 4) is 0 Å². The molecule has 2 fully saturated rings. The normalized spacial score (nSPS) is 20.4. The van der Waals surface area contributed by atoms with Crippen molar-refractivity contribution in [2.24, 2.45) is 0 Å². The zero-order valence-electron chi connectivity index (χ0n) is 26.2. The number of sulfonamides is 1. The first-order valence-electron chi connectivity index (χ1n) is 15.0. The summed E-state index contributed by atoms with van der Waals surface area (Å²) in [5.41, 5.74) is -0.608. The third kappa shape index (κ3) is 8.79. The van der Waals surface area contributed by atoms with Gasteiger partial charge in [0.25, 0.3) is 5.91 Å². The minimum atomic E-state index is -3.82. The molecule has 0 aliphatic carbocycles. The van der Waals surface area contributed by atoms with Crippen molar-refractivity contribution in [3.63, 3.8) is 0 Å². The van der Waals surface area contributed by atoms with Crippen LogP contribution in [-0.4, -0.2) is 102 Å². The fourth-order valence-electron chi connectivity index (χ4n) is 5.52. The summed E-state index contributed by atoms with van der Waals surface area (Å²) in [6.45, 7) is 4.52. The first-order valence-corrected chi connectivity index (χ1v) is 16.9. The van der Waals surface area contributed by atoms with Crippen molar-refractivity contribution in [3.05, 3.63) is 48.0 Å². The van der Waals surface area contributed by atoms with E-state index in [1.165, 1.54) is 0 Å². The van der Waals surface area contributed by atoms with E-state index >= 15 is 0 Å². The summed E-state index contributed by atoms with van der Waals surface area (Å²) < 4.78 is 36.9. The van der Waals surface area contributed by atoms with E-state index in [0.29, 0.717) is 11.8 Å². The molecule has 4 atom stereocenters. The lowest BCUT2D eigenvalue weighted by molar-refractivity contribution is -0.176. The van der Waals surface area contributed by atoms with Gasteiger partial charge in [-0.25, -0.2) is 22.9 Å². The Morgan fingerprint density at radius 3 is 2.46 bits per heavy atom. The van der Waals surface area contributed by atoms with E-state index < -0.39 is 82.5 Å². The van der Waals surface area contributed by atoms with E-state index in [1.807, 2.05) is 18.2 Å². The monoisotopic (exact) mass is 660 g/mol. The molecule has 3 amide bonds. The SMILES string of the molecule is CC(C)(C)OC(=O)CC(NC(=O)C1CCCN2C(=O)CCC(NS(C)(=O)=O)C(=O)N12)C(O)COC(=O)c1cccc2ccccc12. The maximum Gasteiger partial charge on any atom is 0.338 e. The molecule has 0 radical (unpaired) electrons. The molecule has 2 aliphatic heterocycles. The lowest BCUT2D eigenvalue weighted by Gasteiger charge is -2.43. The Bertz CT molecular complexity index is 1600. The van der Waals surface area contributed by atoms with Crippen molar-refractivity contribution >= 4 is 50.5 Å². The summed E-state index contributed by atoms with van der Waals surface area (Å²) in [5.74, 6) is -3.49. The Morgan fingerprint density at radius 1 is 1.07 bits per heavy atom. The zero-order valence-corrected chi connectivity index (χ0v) is 27.0. The predicted octanol–water partition coefficient (Wildman–Crippen LogP) is 1.02. The van der Waals surface area contributed by atoms with Gasteiger partial charge in [0, 0.05) is 13.0 Å². The average molecular weight is 661 g/mol. The summed E-state index contributed by atoms with van der Waals surface area (Å²) in [7, 11) is -3.82. The number of carbonyl (C=O) groups excluding carboxylic acids is 5. The highest BCUT2D eigenvalue weighted by Gasteiger charge is 2.45. The van der Waals surface area contributed by atoms with E-state index in [4.69, 9.17) is 9.47 Å². The maximum absolute atomic E-state index is 13.7. The number of esters is 2. The number of hydrazine groups is 1. The highest BCUT2D eigenvalue weighted by Crippen LogP contribution is 2.26. The number of aliphatic hydroxyl groups excluding tert-OH is 1. The fourth-order valence-corrected chi connectivity index (χ4v) is 6.26. The molecule has 2 aromatic rings. The molecule has 2 heterocycles. The molecule has 250 valence electrons. The number of benzene rings is 2. The van der Waals surface area contributed by atoms with Gasteiger partial charge in [0.1, 0.15) is 30.4 Å². The number of hydrogen-bond donors (Lipinski definition) is 3. The summed E-state index contributed by atoms with van der Waals surface area (Å²) in [4.78, 5) is 66.0. The lowest BCUT2D eigenvalue weighted by atomic mass is 10.0. The molecule has 0 bridgehead atoms. The van der Waals surface area contributed by atoms with Crippen molar-refractivity contribution < 1.29 is 47.0 Å². The van der Waals surface area contributed by atoms with Crippen molar-refractivity contribution in [1.82, 2.24) is 20.1 Å². The maximum atomic E-state index is 13.7. The number of carbonyl (C=O) groups is 5. The van der Waals surface area contributed by atoms with E-state index in [2.05, 4.69) is 10.0 Å². The number of hydrogen-bond acceptors (Lipinski definition) is 10. The fraction of sp³-hybridized carbons (Fsp3) is 0.516. The Labute approximate surface area is 267 Å². The predicted molar refractivity (Wildman–Crippen MR) is 165 cm³/mol. The molecule has 2 aromatic carbocycles. The number of nitrogens with one attached hydrogen (secondary N) is 2. The van der Waals surface area contributed by atoms with E-state index in [9.17, 15) is 37.5 Å². The molecule has 0 saturated carbocycles. The quantitative estimate of drug-likeness (QED) is 0.311. The molecule has 0 spiro atoms. The van der Waals surface area contributed by atoms with Gasteiger partial charge in [0.2, 0.25) is 21.8 Å². The largest absolute Gasteiger partial charge is 0.460 e. The van der Waals surface area contributed by atoms with Gasteiger partial charge in [-0.15, -0.1) is 0 Å². The van der Waals surface area contributed by atoms with Crippen LogP contribution in [0.1, 0.15) is 63.2 Å². The molecule has 2 saturated heterocycles. The standard InChI is InChI=1S/C31H40N4O10S/c1-31(2,3)45-27(38)17-23(25(36)18-44-30(41)21-12-7-10-19-9-5-6-11-20(19)21)32-28(39)24-13-8-16-34-26(37)15-14-22(29(40)35(24)34)33-46(4,42)43/h5-7,9-12,22-25,33,36H,8,13-18H2,1-4H3,(H,32,39). The molecule has 14 nitrogen and oxygen atoms in total. The first-order chi connectivity index (χ1) is 21.5. The van der Waals surface area contributed by atoms with Gasteiger partial charge < -0.3 is 19.9 Å². The number of aliphatic hydroxyl groups is 1. The molecule has 4 rings (SSSR count). The second kappa shape index (κ2) is 14.1. The second-order valence-corrected chi connectivity index (χ2v) is 14.2. The van der Waals surface area contributed by atoms with Crippen LogP contribution in [0.4, 0.5) is 0 Å². The van der Waals surface area contributed by atoms with Crippen LogP contribution >= 0.6 is 0 Å². The molecular formula is C31H40N4O10S. The summed E-state index contributed by atoms with van der Waals surface area (Å²) in [5, 5.41) is 17.3. The van der Waals surface area contributed by atoms with Gasteiger partial charge >= 0.3 is 11.9 Å². The van der Waals surface area contributed by atoms with Crippen LogP contribution in [0.2, 0.25) is 0 Å². The molecule has 4 unspecified atom stereocenters. The van der Waals surface area contributed by atoms with Gasteiger partial charge in [-0.05, 0) is 56.9 Å². The van der Waals surface area contributed by atoms with E-state index in [-0.39, 0.29) is 31.4 Å². The average Bonchev–Trinajstić information content (AvgIpc) is 3.09. The third-order valence-corrected chi connectivity index (χ3v) is 8.23. The van der Waals surface area contributed by atoms with Gasteiger partial charge in [-0.3, -0.25) is 24.2 Å². The Balaban J connectivity index is 1.54. The Hall–Kier alpha value is -4.08. The van der Waals surface area contributed by atoms with Gasteiger partial charge in [0.15, 0.2) is 0 Å². The number of rotatable bonds is 10. The van der Waals surface area contributed by atoms with Gasteiger partial charge in [-0.1, -0.05) is 36.4 Å². The molecule has 15 heteroatoms. The number of nitrogens with zero attached hydrogens (tertiary/aromatic N) is 2. The zero-order chi connectivity index (χ0) is 33.8. The van der Waals surface area contributed by atoms with Crippen LogP contribution in [0.3, 0.4) is 0 Å². The molecule has 2 aliphatic rings. The smallest absolute Gasteiger partial charge is 0.338 e. The summed E-state index contributed by atoms with van der Waals surface area (Å²) >= 11 is 0. The highest BCUT2D eigenvalue weighted by atomic mass is 32.2. The molecule has 0 aromatic heterocycles. The highest BCUT2D eigenvalue weighted by molar-refractivity contribution is 7.88. The first kappa shape index (κ1) is 34.8. The number of ether oxygens (including phenoxy) is 2. The Morgan fingerprint density at radius 2 is 1.76 bits per heavy atom. The van der Waals surface area contributed by atoms with Crippen molar-refractivity contribution in [2.75, 3.05) is 19.4 Å². The summed E-state index contributed by atoms with van der Waals surface area (Å²) in [6.07, 6.45) is -0.910. The van der Waals surface area contributed by atoms with Gasteiger partial charge in [-0.2, -0.15) is 0 Å². The number of amides is 3. The van der Waals surface area contributed by atoms with Crippen LogP contribution in [-0.2, 0) is 38.7 Å². The molecular weight excluding hydrogens is 620 g/mol. The van der Waals surface area contributed by atoms with E-state index in [0.717, 1.165) is 21.7 Å². The van der Waals surface area contributed by atoms with Crippen LogP contribution in [0.15, 0.2) is 42.5 Å². The summed E-state index contributed by atoms with van der Waals surface area (Å²) in [6, 6.07) is 8.46. The Kier molecular flexibility index (Phi) is 10.7. The van der Waals surface area contributed by atoms with Crippen molar-refractivity contribution in [1.29, 1.82) is 0 Å². The lowest BCUT2D eigenvalue weighted by Crippen LogP contribution is -2.64. The minimum Gasteiger partial charge on any atom is -0.460 e.